The molecule has 0 radical (unpaired) electrons. The van der Waals surface area contributed by atoms with Gasteiger partial charge in [-0.05, 0) is 37.3 Å². The number of likely N-dealkylation sites (tertiary alicyclic amines) is 1. The number of ether oxygens (including phenoxy) is 1. The van der Waals surface area contributed by atoms with Crippen LogP contribution in [0, 0.1) is 0 Å². The Morgan fingerprint density at radius 3 is 2.69 bits per heavy atom. The zero-order valence-electron chi connectivity index (χ0n) is 17.8. The van der Waals surface area contributed by atoms with Crippen molar-refractivity contribution < 1.29 is 14.3 Å². The van der Waals surface area contributed by atoms with Crippen molar-refractivity contribution in [3.63, 3.8) is 0 Å². The number of esters is 1. The number of fused-ring (bicyclic) bond motifs is 2. The molecule has 1 aromatic carbocycles. The standard InChI is InChI=1S/C23H25N5O4/c1-32-23(31)17-13-28(12-16-20(17)25-26-21(16)29)15-8-10-27(11-9-15)19-7-6-14-4-2-3-5-18(14)24-22(19)30/h2-5,12-13,15,19H,6-11H2,1H3,(H,24,30)(H,26,29). The number of para-hydroxylation sites is 1. The highest BCUT2D eigenvalue weighted by Gasteiger charge is 2.33. The summed E-state index contributed by atoms with van der Waals surface area (Å²) in [6.45, 7) is 1.51. The SMILES string of the molecule is COC(=O)c1cn(C2CCN(C3CCc4ccccc4NC3=O)CC2)cc2c(=O)[nH]nc1-2. The lowest BCUT2D eigenvalue weighted by Crippen LogP contribution is -2.47. The minimum absolute atomic E-state index is 0.0462. The Labute approximate surface area is 184 Å². The molecule has 0 aliphatic carbocycles. The Balaban J connectivity index is 1.33. The molecule has 9 nitrogen and oxygen atoms in total. The maximum Gasteiger partial charge on any atom is 0.341 e. The molecule has 0 bridgehead atoms. The van der Waals surface area contributed by atoms with E-state index in [9.17, 15) is 14.4 Å². The number of anilines is 1. The fourth-order valence-corrected chi connectivity index (χ4v) is 4.87. The van der Waals surface area contributed by atoms with Gasteiger partial charge in [0.25, 0.3) is 5.56 Å². The molecular weight excluding hydrogens is 410 g/mol. The number of aromatic nitrogens is 3. The van der Waals surface area contributed by atoms with Crippen molar-refractivity contribution in [1.82, 2.24) is 19.7 Å². The number of benzene rings is 1. The molecule has 166 valence electrons. The van der Waals surface area contributed by atoms with E-state index >= 15 is 0 Å². The van der Waals surface area contributed by atoms with Gasteiger partial charge in [0.1, 0.15) is 11.3 Å². The number of aromatic amines is 1. The van der Waals surface area contributed by atoms with Crippen molar-refractivity contribution in [2.24, 2.45) is 0 Å². The van der Waals surface area contributed by atoms with Crippen LogP contribution in [0.15, 0.2) is 41.5 Å². The van der Waals surface area contributed by atoms with Crippen molar-refractivity contribution >= 4 is 17.6 Å². The van der Waals surface area contributed by atoms with Crippen LogP contribution in [0.3, 0.4) is 0 Å². The van der Waals surface area contributed by atoms with Gasteiger partial charge < -0.3 is 14.6 Å². The fraction of sp³-hybridized carbons (Fsp3) is 0.391. The normalized spacial score (nSPS) is 19.9. The first kappa shape index (κ1) is 20.4. The number of methoxy groups -OCH3 is 1. The number of hydrogen-bond acceptors (Lipinski definition) is 6. The average Bonchev–Trinajstić information content (AvgIpc) is 3.10. The van der Waals surface area contributed by atoms with Gasteiger partial charge in [-0.15, -0.1) is 0 Å². The molecule has 4 aliphatic rings. The van der Waals surface area contributed by atoms with Crippen LogP contribution in [0.5, 0.6) is 0 Å². The van der Waals surface area contributed by atoms with Gasteiger partial charge in [0.2, 0.25) is 5.91 Å². The summed E-state index contributed by atoms with van der Waals surface area (Å²) in [5.74, 6) is -0.479. The first-order valence-corrected chi connectivity index (χ1v) is 10.9. The molecule has 32 heavy (non-hydrogen) atoms. The Bertz CT molecular complexity index is 1190. The molecule has 9 heteroatoms. The smallest absolute Gasteiger partial charge is 0.341 e. The molecule has 1 atom stereocenters. The number of piperidine rings is 1. The fourth-order valence-electron chi connectivity index (χ4n) is 4.87. The van der Waals surface area contributed by atoms with Gasteiger partial charge in [-0.25, -0.2) is 9.89 Å². The van der Waals surface area contributed by atoms with Crippen LogP contribution < -0.4 is 10.9 Å². The van der Waals surface area contributed by atoms with E-state index in [2.05, 4.69) is 26.5 Å². The van der Waals surface area contributed by atoms with Gasteiger partial charge in [-0.2, -0.15) is 5.10 Å². The quantitative estimate of drug-likeness (QED) is 0.610. The molecule has 1 aromatic rings. The molecule has 1 fully saturated rings. The number of carbonyl (C=O) groups is 2. The Hall–Kier alpha value is -3.46. The zero-order valence-corrected chi connectivity index (χ0v) is 17.8. The summed E-state index contributed by atoms with van der Waals surface area (Å²) < 4.78 is 6.80. The van der Waals surface area contributed by atoms with Crippen LogP contribution in [0.1, 0.15) is 41.2 Å². The van der Waals surface area contributed by atoms with E-state index in [4.69, 9.17) is 4.74 Å². The second kappa shape index (κ2) is 8.23. The third-order valence-electron chi connectivity index (χ3n) is 6.61. The number of rotatable bonds is 3. The van der Waals surface area contributed by atoms with Crippen molar-refractivity contribution in [1.29, 1.82) is 0 Å². The molecular formula is C23H25N5O4. The van der Waals surface area contributed by atoms with Crippen LogP contribution in [0.4, 0.5) is 5.69 Å². The highest BCUT2D eigenvalue weighted by atomic mass is 16.5. The van der Waals surface area contributed by atoms with Crippen molar-refractivity contribution in [2.45, 2.75) is 37.8 Å². The van der Waals surface area contributed by atoms with E-state index < -0.39 is 5.97 Å². The van der Waals surface area contributed by atoms with Crippen molar-refractivity contribution in [3.05, 3.63) is 58.1 Å². The Morgan fingerprint density at radius 1 is 1.12 bits per heavy atom. The number of amides is 1. The molecule has 1 unspecified atom stereocenters. The number of hydrogen-bond donors (Lipinski definition) is 2. The largest absolute Gasteiger partial charge is 0.465 e. The number of nitrogens with zero attached hydrogens (tertiary/aromatic N) is 3. The highest BCUT2D eigenvalue weighted by molar-refractivity contribution is 5.96. The lowest BCUT2D eigenvalue weighted by molar-refractivity contribution is -0.122. The van der Waals surface area contributed by atoms with Crippen molar-refractivity contribution in [2.75, 3.05) is 25.5 Å². The third kappa shape index (κ3) is 3.58. The second-order valence-corrected chi connectivity index (χ2v) is 8.39. The monoisotopic (exact) mass is 435 g/mol. The minimum atomic E-state index is -0.525. The molecule has 1 saturated heterocycles. The molecule has 1 amide bonds. The molecule has 0 aromatic heterocycles. The summed E-state index contributed by atoms with van der Waals surface area (Å²) in [6.07, 6.45) is 6.72. The van der Waals surface area contributed by atoms with Gasteiger partial charge in [-0.3, -0.25) is 14.5 Å². The van der Waals surface area contributed by atoms with Crippen LogP contribution in [-0.2, 0) is 16.0 Å². The summed E-state index contributed by atoms with van der Waals surface area (Å²) in [7, 11) is 1.31. The van der Waals surface area contributed by atoms with Crippen LogP contribution >= 0.6 is 0 Å². The molecule has 4 heterocycles. The number of H-pyrrole nitrogens is 1. The van der Waals surface area contributed by atoms with Gasteiger partial charge in [0, 0.05) is 37.2 Å². The van der Waals surface area contributed by atoms with E-state index in [-0.39, 0.29) is 29.1 Å². The van der Waals surface area contributed by atoms with Gasteiger partial charge in [-0.1, -0.05) is 18.2 Å². The first-order valence-electron chi connectivity index (χ1n) is 10.9. The number of pyridine rings is 1. The summed E-state index contributed by atoms with van der Waals surface area (Å²) >= 11 is 0. The highest BCUT2D eigenvalue weighted by Crippen LogP contribution is 2.30. The topological polar surface area (TPSA) is 109 Å². The third-order valence-corrected chi connectivity index (χ3v) is 6.61. The van der Waals surface area contributed by atoms with E-state index in [0.717, 1.165) is 44.5 Å². The van der Waals surface area contributed by atoms with Crippen LogP contribution in [0.25, 0.3) is 11.3 Å². The van der Waals surface area contributed by atoms with Crippen LogP contribution in [-0.4, -0.2) is 57.8 Å². The summed E-state index contributed by atoms with van der Waals surface area (Å²) in [4.78, 5) is 39.5. The summed E-state index contributed by atoms with van der Waals surface area (Å²) in [5, 5.41) is 9.47. The lowest BCUT2D eigenvalue weighted by Gasteiger charge is -2.37. The van der Waals surface area contributed by atoms with Gasteiger partial charge in [0.05, 0.1) is 18.7 Å². The van der Waals surface area contributed by atoms with E-state index in [1.165, 1.54) is 12.7 Å². The van der Waals surface area contributed by atoms with E-state index in [1.807, 2.05) is 22.8 Å². The predicted molar refractivity (Wildman–Crippen MR) is 118 cm³/mol. The van der Waals surface area contributed by atoms with Gasteiger partial charge >= 0.3 is 5.97 Å². The minimum Gasteiger partial charge on any atom is -0.465 e. The van der Waals surface area contributed by atoms with Gasteiger partial charge in [0.15, 0.2) is 0 Å². The molecule has 0 saturated carbocycles. The Kier molecular flexibility index (Phi) is 5.26. The average molecular weight is 435 g/mol. The lowest BCUT2D eigenvalue weighted by atomic mass is 9.99. The van der Waals surface area contributed by atoms with E-state index in [0.29, 0.717) is 11.3 Å². The number of carbonyl (C=O) groups excluding carboxylic acids is 2. The molecule has 2 N–H and O–H groups in total. The Morgan fingerprint density at radius 2 is 1.91 bits per heavy atom. The zero-order chi connectivity index (χ0) is 22.2. The van der Waals surface area contributed by atoms with Crippen LogP contribution in [0.2, 0.25) is 0 Å². The second-order valence-electron chi connectivity index (χ2n) is 8.39. The molecule has 5 rings (SSSR count). The maximum absolute atomic E-state index is 12.9. The first-order chi connectivity index (χ1) is 15.5. The summed E-state index contributed by atoms with van der Waals surface area (Å²) in [6, 6.07) is 7.90. The molecule has 4 aliphatic heterocycles. The summed E-state index contributed by atoms with van der Waals surface area (Å²) in [5.41, 5.74) is 2.72. The van der Waals surface area contributed by atoms with E-state index in [1.54, 1.807) is 12.4 Å². The number of nitrogens with one attached hydrogen (secondary N) is 2. The molecule has 0 spiro atoms. The maximum atomic E-state index is 12.9. The predicted octanol–water partition coefficient (Wildman–Crippen LogP) is 2.05. The number of aryl methyl sites for hydroxylation is 1. The van der Waals surface area contributed by atoms with Crippen molar-refractivity contribution in [3.8, 4) is 11.3 Å².